The minimum absolute atomic E-state index is 0.0151. The lowest BCUT2D eigenvalue weighted by atomic mass is 10.0. The summed E-state index contributed by atoms with van der Waals surface area (Å²) in [7, 11) is 1.98. The smallest absolute Gasteiger partial charge is 0.262 e. The first kappa shape index (κ1) is 23.2. The van der Waals surface area contributed by atoms with Crippen LogP contribution >= 0.6 is 0 Å². The van der Waals surface area contributed by atoms with Crippen LogP contribution < -0.4 is 0 Å². The number of aromatic nitrogens is 1. The van der Waals surface area contributed by atoms with E-state index in [1.807, 2.05) is 67.2 Å². The maximum Gasteiger partial charge on any atom is 0.262 e. The van der Waals surface area contributed by atoms with E-state index in [9.17, 15) is 9.59 Å². The monoisotopic (exact) mass is 451 g/mol. The van der Waals surface area contributed by atoms with E-state index in [-0.39, 0.29) is 24.4 Å². The number of benzene rings is 1. The van der Waals surface area contributed by atoms with E-state index in [2.05, 4.69) is 4.90 Å². The molecule has 8 nitrogen and oxygen atoms in total. The Morgan fingerprint density at radius 3 is 2.55 bits per heavy atom. The van der Waals surface area contributed by atoms with Crippen LogP contribution in [0.15, 0.2) is 53.8 Å². The number of carbonyl (C=O) groups excluding carboxylic acids is 2. The van der Waals surface area contributed by atoms with E-state index < -0.39 is 0 Å². The summed E-state index contributed by atoms with van der Waals surface area (Å²) in [5, 5.41) is 6.34. The fraction of sp³-hybridized carbons (Fsp3) is 0.480. The number of aryl methyl sites for hydroxylation is 1. The number of hydrogen-bond acceptors (Lipinski definition) is 5. The van der Waals surface area contributed by atoms with E-state index in [0.717, 1.165) is 36.6 Å². The highest BCUT2D eigenvalue weighted by Gasteiger charge is 2.34. The van der Waals surface area contributed by atoms with Gasteiger partial charge in [-0.25, -0.2) is 5.01 Å². The van der Waals surface area contributed by atoms with Gasteiger partial charge in [-0.15, -0.1) is 0 Å². The average molecular weight is 452 g/mol. The summed E-state index contributed by atoms with van der Waals surface area (Å²) in [6, 6.07) is 13.8. The number of morpholine rings is 1. The Hall–Kier alpha value is -2.97. The molecule has 0 bridgehead atoms. The molecular weight excluding hydrogens is 418 g/mol. The Bertz CT molecular complexity index is 981. The van der Waals surface area contributed by atoms with Crippen LogP contribution in [-0.2, 0) is 21.4 Å². The number of rotatable bonds is 8. The summed E-state index contributed by atoms with van der Waals surface area (Å²) in [6.45, 7) is 6.27. The molecule has 2 amide bonds. The summed E-state index contributed by atoms with van der Waals surface area (Å²) in [6.07, 6.45) is 2.99. The molecule has 2 aromatic rings. The van der Waals surface area contributed by atoms with Gasteiger partial charge in [0.15, 0.2) is 0 Å². The van der Waals surface area contributed by atoms with Crippen LogP contribution in [0.5, 0.6) is 0 Å². The molecule has 1 aromatic carbocycles. The van der Waals surface area contributed by atoms with Crippen LogP contribution in [0, 0.1) is 0 Å². The second kappa shape index (κ2) is 10.8. The molecule has 3 heterocycles. The normalized spacial score (nSPS) is 18.9. The van der Waals surface area contributed by atoms with Crippen molar-refractivity contribution in [3.63, 3.8) is 0 Å². The van der Waals surface area contributed by atoms with Crippen LogP contribution in [0.1, 0.15) is 37.1 Å². The third kappa shape index (κ3) is 5.51. The van der Waals surface area contributed by atoms with Crippen molar-refractivity contribution in [1.29, 1.82) is 0 Å². The fourth-order valence-electron chi connectivity index (χ4n) is 4.43. The number of nitrogens with zero attached hydrogens (tertiary/aromatic N) is 5. The quantitative estimate of drug-likeness (QED) is 0.617. The standard InChI is InChI=1S/C25H33N5O3/c1-3-24(31)29(13-12-28-14-16-33-17-15-28)19-25(32)30-23(20-8-5-4-6-9-20)18-21(26-30)22-10-7-11-27(22)2/h4-11,23H,3,12-19H2,1-2H3. The molecule has 0 N–H and O–H groups in total. The highest BCUT2D eigenvalue weighted by Crippen LogP contribution is 2.32. The molecule has 176 valence electrons. The number of hydrazone groups is 1. The largest absolute Gasteiger partial charge is 0.379 e. The van der Waals surface area contributed by atoms with Crippen molar-refractivity contribution in [3.8, 4) is 0 Å². The van der Waals surface area contributed by atoms with E-state index in [4.69, 9.17) is 9.84 Å². The second-order valence-corrected chi connectivity index (χ2v) is 8.54. The molecule has 1 saturated heterocycles. The van der Waals surface area contributed by atoms with Gasteiger partial charge in [0, 0.05) is 52.3 Å². The lowest BCUT2D eigenvalue weighted by Crippen LogP contribution is -2.46. The van der Waals surface area contributed by atoms with Gasteiger partial charge in [-0.05, 0) is 17.7 Å². The molecule has 0 aliphatic carbocycles. The molecule has 0 spiro atoms. The third-order valence-electron chi connectivity index (χ3n) is 6.36. The minimum Gasteiger partial charge on any atom is -0.379 e. The number of hydrogen-bond donors (Lipinski definition) is 0. The van der Waals surface area contributed by atoms with Gasteiger partial charge in [-0.2, -0.15) is 5.10 Å². The van der Waals surface area contributed by atoms with Gasteiger partial charge in [0.25, 0.3) is 5.91 Å². The molecule has 2 aliphatic heterocycles. The zero-order valence-corrected chi connectivity index (χ0v) is 19.5. The maximum atomic E-state index is 13.5. The Morgan fingerprint density at radius 2 is 1.88 bits per heavy atom. The van der Waals surface area contributed by atoms with Crippen LogP contribution in [-0.4, -0.2) is 82.8 Å². The first-order chi connectivity index (χ1) is 16.1. The molecule has 33 heavy (non-hydrogen) atoms. The number of ether oxygens (including phenoxy) is 1. The molecular formula is C25H33N5O3. The average Bonchev–Trinajstić information content (AvgIpc) is 3.48. The molecule has 0 radical (unpaired) electrons. The lowest BCUT2D eigenvalue weighted by molar-refractivity contribution is -0.141. The molecule has 2 aliphatic rings. The Morgan fingerprint density at radius 1 is 1.12 bits per heavy atom. The van der Waals surface area contributed by atoms with Crippen molar-refractivity contribution >= 4 is 17.5 Å². The Balaban J connectivity index is 1.52. The predicted octanol–water partition coefficient (Wildman–Crippen LogP) is 2.27. The summed E-state index contributed by atoms with van der Waals surface area (Å²) < 4.78 is 7.43. The third-order valence-corrected chi connectivity index (χ3v) is 6.36. The number of amides is 2. The lowest BCUT2D eigenvalue weighted by Gasteiger charge is -2.31. The first-order valence-corrected chi connectivity index (χ1v) is 11.7. The second-order valence-electron chi connectivity index (χ2n) is 8.54. The van der Waals surface area contributed by atoms with Crippen LogP contribution in [0.2, 0.25) is 0 Å². The van der Waals surface area contributed by atoms with E-state index >= 15 is 0 Å². The van der Waals surface area contributed by atoms with Crippen molar-refractivity contribution in [1.82, 2.24) is 19.4 Å². The molecule has 1 aromatic heterocycles. The molecule has 8 heteroatoms. The molecule has 1 unspecified atom stereocenters. The SMILES string of the molecule is CCC(=O)N(CCN1CCOCC1)CC(=O)N1N=C(c2cccn2C)CC1c1ccccc1. The van der Waals surface area contributed by atoms with E-state index in [1.54, 1.807) is 9.91 Å². The molecule has 4 rings (SSSR count). The highest BCUT2D eigenvalue weighted by molar-refractivity contribution is 6.02. The summed E-state index contributed by atoms with van der Waals surface area (Å²) in [4.78, 5) is 30.1. The van der Waals surface area contributed by atoms with Gasteiger partial charge in [-0.3, -0.25) is 14.5 Å². The van der Waals surface area contributed by atoms with Crippen molar-refractivity contribution in [2.75, 3.05) is 45.9 Å². The van der Waals surface area contributed by atoms with Crippen LogP contribution in [0.25, 0.3) is 0 Å². The first-order valence-electron chi connectivity index (χ1n) is 11.7. The van der Waals surface area contributed by atoms with Gasteiger partial charge < -0.3 is 14.2 Å². The van der Waals surface area contributed by atoms with Gasteiger partial charge in [0.2, 0.25) is 5.91 Å². The Kier molecular flexibility index (Phi) is 7.57. The Labute approximate surface area is 195 Å². The van der Waals surface area contributed by atoms with E-state index in [1.165, 1.54) is 0 Å². The van der Waals surface area contributed by atoms with E-state index in [0.29, 0.717) is 32.6 Å². The number of carbonyl (C=O) groups is 2. The zero-order chi connectivity index (χ0) is 23.2. The van der Waals surface area contributed by atoms with Crippen molar-refractivity contribution in [2.24, 2.45) is 12.1 Å². The molecule has 0 saturated carbocycles. The molecule has 1 fully saturated rings. The summed E-state index contributed by atoms with van der Waals surface area (Å²) >= 11 is 0. The summed E-state index contributed by atoms with van der Waals surface area (Å²) in [5.74, 6) is -0.171. The minimum atomic E-state index is -0.179. The van der Waals surface area contributed by atoms with Gasteiger partial charge in [-0.1, -0.05) is 37.3 Å². The van der Waals surface area contributed by atoms with Gasteiger partial charge in [0.05, 0.1) is 30.7 Å². The van der Waals surface area contributed by atoms with Gasteiger partial charge >= 0.3 is 0 Å². The van der Waals surface area contributed by atoms with Crippen molar-refractivity contribution < 1.29 is 14.3 Å². The fourth-order valence-corrected chi connectivity index (χ4v) is 4.43. The van der Waals surface area contributed by atoms with Crippen LogP contribution in [0.4, 0.5) is 0 Å². The maximum absolute atomic E-state index is 13.5. The highest BCUT2D eigenvalue weighted by atomic mass is 16.5. The van der Waals surface area contributed by atoms with Crippen LogP contribution in [0.3, 0.4) is 0 Å². The van der Waals surface area contributed by atoms with Gasteiger partial charge in [0.1, 0.15) is 6.54 Å². The zero-order valence-electron chi connectivity index (χ0n) is 19.5. The predicted molar refractivity (Wildman–Crippen MR) is 127 cm³/mol. The summed E-state index contributed by atoms with van der Waals surface area (Å²) in [5.41, 5.74) is 2.92. The van der Waals surface area contributed by atoms with Crippen molar-refractivity contribution in [2.45, 2.75) is 25.8 Å². The molecule has 1 atom stereocenters. The van der Waals surface area contributed by atoms with Crippen molar-refractivity contribution in [3.05, 3.63) is 59.9 Å². The topological polar surface area (TPSA) is 70.4 Å².